The van der Waals surface area contributed by atoms with E-state index in [1.165, 1.54) is 11.8 Å². The molecule has 5 atom stereocenters. The average molecular weight is 957 g/mol. The molecule has 1 aliphatic rings. The van der Waals surface area contributed by atoms with Gasteiger partial charge in [-0.2, -0.15) is 0 Å². The third-order valence-electron chi connectivity index (χ3n) is 10.4. The van der Waals surface area contributed by atoms with Gasteiger partial charge in [-0.05, 0) is 71.4 Å². The van der Waals surface area contributed by atoms with Crippen molar-refractivity contribution in [2.75, 3.05) is 72.0 Å². The number of hydrogen-bond acceptors (Lipinski definition) is 14. The molecule has 1 rings (SSSR count). The summed E-state index contributed by atoms with van der Waals surface area (Å²) in [4.78, 5) is 125. The number of amides is 10. The molecule has 5 unspecified atom stereocenters. The van der Waals surface area contributed by atoms with Gasteiger partial charge in [0, 0.05) is 70.0 Å². The molecule has 0 aliphatic carbocycles. The molecule has 0 aromatic rings. The lowest BCUT2D eigenvalue weighted by atomic mass is 10.1. The summed E-state index contributed by atoms with van der Waals surface area (Å²) in [7, 11) is 1.85. The molecule has 0 saturated carbocycles. The van der Waals surface area contributed by atoms with Crippen molar-refractivity contribution in [3.8, 4) is 0 Å². The van der Waals surface area contributed by atoms with Crippen LogP contribution in [0.4, 0.5) is 0 Å². The van der Waals surface area contributed by atoms with Gasteiger partial charge in [0.1, 0.15) is 18.1 Å². The highest BCUT2D eigenvalue weighted by Gasteiger charge is 2.39. The van der Waals surface area contributed by atoms with E-state index in [-0.39, 0.29) is 114 Å². The molecule has 0 aromatic carbocycles. The van der Waals surface area contributed by atoms with Crippen LogP contribution in [0.1, 0.15) is 111 Å². The first-order valence-electron chi connectivity index (χ1n) is 23.1. The second-order valence-electron chi connectivity index (χ2n) is 15.9. The van der Waals surface area contributed by atoms with Gasteiger partial charge in [-0.3, -0.25) is 52.8 Å². The van der Waals surface area contributed by atoms with E-state index in [4.69, 9.17) is 20.9 Å². The Morgan fingerprint density at radius 3 is 1.79 bits per heavy atom. The van der Waals surface area contributed by atoms with Crippen molar-refractivity contribution in [2.24, 2.45) is 17.4 Å². The molecule has 22 nitrogen and oxygen atoms in total. The van der Waals surface area contributed by atoms with Crippen LogP contribution in [0.3, 0.4) is 0 Å². The summed E-state index contributed by atoms with van der Waals surface area (Å²) >= 11 is 1.19. The third kappa shape index (κ3) is 26.3. The van der Waals surface area contributed by atoms with Crippen molar-refractivity contribution in [1.82, 2.24) is 42.1 Å². The fourth-order valence-electron chi connectivity index (χ4n) is 6.35. The molecule has 1 saturated heterocycles. The normalized spacial score (nSPS) is 15.3. The van der Waals surface area contributed by atoms with E-state index in [0.717, 1.165) is 24.3 Å². The van der Waals surface area contributed by atoms with E-state index >= 15 is 0 Å². The molecule has 1 aliphatic heterocycles. The summed E-state index contributed by atoms with van der Waals surface area (Å²) in [6.07, 6.45) is 4.79. The topological polar surface area (TPSA) is 329 Å². The molecule has 0 aromatic heterocycles. The zero-order valence-corrected chi connectivity index (χ0v) is 40.1. The molecule has 1 fully saturated rings. The Bertz CT molecular complexity index is 1570. The molecule has 10 amide bonds. The molecule has 23 heteroatoms. The van der Waals surface area contributed by atoms with Gasteiger partial charge in [-0.15, -0.1) is 11.8 Å². The quantitative estimate of drug-likeness (QED) is 0.0254. The van der Waals surface area contributed by atoms with E-state index in [2.05, 4.69) is 37.2 Å². The molecule has 1 heterocycles. The summed E-state index contributed by atoms with van der Waals surface area (Å²) < 4.78 is 11.1. The first-order chi connectivity index (χ1) is 31.5. The molecular formula is C43H76N10O12S. The minimum Gasteiger partial charge on any atom is -0.379 e. The number of carbonyl (C=O) groups is 10. The zero-order chi connectivity index (χ0) is 49.3. The predicted octanol–water partition coefficient (Wildman–Crippen LogP) is -1.38. The fraction of sp³-hybridized carbons (Fsp3) is 0.767. The molecule has 0 radical (unpaired) electrons. The van der Waals surface area contributed by atoms with Crippen molar-refractivity contribution in [3.63, 3.8) is 0 Å². The van der Waals surface area contributed by atoms with E-state index in [1.54, 1.807) is 20.8 Å². The smallest absolute Gasteiger partial charge is 0.243 e. The largest absolute Gasteiger partial charge is 0.379 e. The molecule has 0 spiro atoms. The van der Waals surface area contributed by atoms with Crippen molar-refractivity contribution in [1.29, 1.82) is 0 Å². The second-order valence-corrected chi connectivity index (χ2v) is 17.2. The van der Waals surface area contributed by atoms with Gasteiger partial charge < -0.3 is 58.2 Å². The first kappa shape index (κ1) is 59.1. The van der Waals surface area contributed by atoms with Crippen LogP contribution in [0, 0.1) is 5.92 Å². The highest BCUT2D eigenvalue weighted by molar-refractivity contribution is 8.00. The van der Waals surface area contributed by atoms with Crippen LogP contribution in [0.2, 0.25) is 0 Å². The van der Waals surface area contributed by atoms with E-state index in [1.807, 2.05) is 7.05 Å². The number of ether oxygens (including phenoxy) is 2. The summed E-state index contributed by atoms with van der Waals surface area (Å²) in [5.41, 5.74) is 10.9. The molecule has 376 valence electrons. The van der Waals surface area contributed by atoms with Gasteiger partial charge in [-0.25, -0.2) is 0 Å². The Kier molecular flexibility index (Phi) is 31.7. The standard InChI is InChI=1S/C43H76N10O12S/c1-5-34(54)47-19-12-9-15-32(51-37(57)17-23-64-25-26-65-24-21-49-41(61)31(50-35(55)6-2)14-7-10-18-46-4)42(62)52-30(40(45)60)13-8-11-20-48-36(56)16-22-53-38(58)27-33(43(53)63)66-28-29(3)39(44)59/h29-33,46H,5-28H2,1-4H3,(H2,44,59)(H2,45,60)(H,47,54)(H,48,56)(H,49,61)(H,50,55)(H,51,57)(H,52,62). The number of carbonyl (C=O) groups excluding carboxylic acids is 10. The van der Waals surface area contributed by atoms with E-state index in [9.17, 15) is 47.9 Å². The maximum absolute atomic E-state index is 13.4. The van der Waals surface area contributed by atoms with Crippen molar-refractivity contribution >= 4 is 70.8 Å². The summed E-state index contributed by atoms with van der Waals surface area (Å²) in [6.45, 7) is 7.28. The van der Waals surface area contributed by atoms with Crippen LogP contribution in [0.25, 0.3) is 0 Å². The van der Waals surface area contributed by atoms with Crippen LogP contribution in [0.15, 0.2) is 0 Å². The van der Waals surface area contributed by atoms with Crippen LogP contribution >= 0.6 is 11.8 Å². The number of nitrogens with one attached hydrogen (secondary N) is 7. The van der Waals surface area contributed by atoms with Crippen molar-refractivity contribution < 1.29 is 57.4 Å². The predicted molar refractivity (Wildman–Crippen MR) is 247 cm³/mol. The fourth-order valence-corrected chi connectivity index (χ4v) is 7.57. The summed E-state index contributed by atoms with van der Waals surface area (Å²) in [5.74, 6) is -4.26. The van der Waals surface area contributed by atoms with Gasteiger partial charge >= 0.3 is 0 Å². The van der Waals surface area contributed by atoms with Gasteiger partial charge in [-0.1, -0.05) is 20.8 Å². The number of unbranched alkanes of at least 4 members (excludes halogenated alkanes) is 3. The Hall–Kier alpha value is -4.87. The maximum atomic E-state index is 13.4. The van der Waals surface area contributed by atoms with Crippen molar-refractivity contribution in [3.05, 3.63) is 0 Å². The Labute approximate surface area is 392 Å². The number of imide groups is 1. The highest BCUT2D eigenvalue weighted by Crippen LogP contribution is 2.27. The number of hydrogen-bond donors (Lipinski definition) is 9. The van der Waals surface area contributed by atoms with Crippen LogP contribution in [-0.2, 0) is 57.4 Å². The lowest BCUT2D eigenvalue weighted by Gasteiger charge is -2.22. The average Bonchev–Trinajstić information content (AvgIpc) is 3.56. The lowest BCUT2D eigenvalue weighted by molar-refractivity contribution is -0.139. The van der Waals surface area contributed by atoms with Gasteiger partial charge in [0.15, 0.2) is 0 Å². The Morgan fingerprint density at radius 2 is 1.20 bits per heavy atom. The van der Waals surface area contributed by atoms with Crippen LogP contribution in [0.5, 0.6) is 0 Å². The monoisotopic (exact) mass is 957 g/mol. The number of nitrogens with two attached hydrogens (primary N) is 2. The number of thioether (sulfide) groups is 1. The molecule has 0 bridgehead atoms. The van der Waals surface area contributed by atoms with Gasteiger partial charge in [0.2, 0.25) is 59.1 Å². The Morgan fingerprint density at radius 1 is 0.636 bits per heavy atom. The number of primary amides is 2. The summed E-state index contributed by atoms with van der Waals surface area (Å²) in [5, 5.41) is 18.8. The molecule has 66 heavy (non-hydrogen) atoms. The van der Waals surface area contributed by atoms with E-state index < -0.39 is 58.8 Å². The summed E-state index contributed by atoms with van der Waals surface area (Å²) in [6, 6.07) is -2.69. The number of rotatable bonds is 39. The number of nitrogens with zero attached hydrogens (tertiary/aromatic N) is 1. The Balaban J connectivity index is 2.53. The minimum absolute atomic E-state index is 0.0124. The van der Waals surface area contributed by atoms with Gasteiger partial charge in [0.25, 0.3) is 0 Å². The van der Waals surface area contributed by atoms with Crippen LogP contribution < -0.4 is 48.7 Å². The van der Waals surface area contributed by atoms with Gasteiger partial charge in [0.05, 0.1) is 31.7 Å². The minimum atomic E-state index is -1.06. The number of likely N-dealkylation sites (tertiary alicyclic amines) is 1. The van der Waals surface area contributed by atoms with E-state index in [0.29, 0.717) is 50.8 Å². The molecule has 11 N–H and O–H groups in total. The van der Waals surface area contributed by atoms with Crippen LogP contribution in [-0.4, -0.2) is 159 Å². The van der Waals surface area contributed by atoms with Crippen molar-refractivity contribution in [2.45, 2.75) is 134 Å². The first-order valence-corrected chi connectivity index (χ1v) is 24.1. The maximum Gasteiger partial charge on any atom is 0.243 e. The second kappa shape index (κ2) is 35.3. The highest BCUT2D eigenvalue weighted by atomic mass is 32.2. The lowest BCUT2D eigenvalue weighted by Crippen LogP contribution is -2.53. The zero-order valence-electron chi connectivity index (χ0n) is 39.3. The SMILES string of the molecule is CCC(=O)NCCCCC(NC(=O)CCOCCOCCNC(=O)C(CCCCNC)NC(=O)CC)C(=O)NC(CCCCNC(=O)CCN1C(=O)CC(SCC(C)C(N)=O)C1=O)C(N)=O. The molecular weight excluding hydrogens is 881 g/mol. The third-order valence-corrected chi connectivity index (χ3v) is 11.9.